The van der Waals surface area contributed by atoms with Gasteiger partial charge >= 0.3 is 0 Å². The molecule has 1 aromatic rings. The quantitative estimate of drug-likeness (QED) is 0.869. The minimum Gasteiger partial charge on any atom is -0.495 e. The van der Waals surface area contributed by atoms with E-state index in [1.807, 2.05) is 19.1 Å². The van der Waals surface area contributed by atoms with Crippen LogP contribution in [0, 0.1) is 5.92 Å². The molecule has 0 atom stereocenters. The lowest BCUT2D eigenvalue weighted by molar-refractivity contribution is -0.140. The minimum absolute atomic E-state index is 0.0333. The number of hydrogen-bond acceptors (Lipinski definition) is 4. The Kier molecular flexibility index (Phi) is 6.40. The van der Waals surface area contributed by atoms with Crippen LogP contribution >= 0.6 is 0 Å². The van der Waals surface area contributed by atoms with Crippen molar-refractivity contribution in [3.8, 4) is 5.75 Å². The van der Waals surface area contributed by atoms with Gasteiger partial charge in [-0.15, -0.1) is 0 Å². The average molecular weight is 320 g/mol. The highest BCUT2D eigenvalue weighted by Crippen LogP contribution is 2.23. The number of nitrogens with one attached hydrogen (secondary N) is 1. The summed E-state index contributed by atoms with van der Waals surface area (Å²) in [4.78, 5) is 26.4. The van der Waals surface area contributed by atoms with Crippen LogP contribution in [0.2, 0.25) is 0 Å². The zero-order valence-electron chi connectivity index (χ0n) is 13.7. The fourth-order valence-corrected chi connectivity index (χ4v) is 2.66. The van der Waals surface area contributed by atoms with E-state index >= 15 is 0 Å². The number of carbonyl (C=O) groups excluding carboxylic acids is 2. The number of anilines is 1. The average Bonchev–Trinajstić information content (AvgIpc) is 2.60. The highest BCUT2D eigenvalue weighted by molar-refractivity contribution is 5.95. The standard InChI is InChI=1S/C17H24N2O4/c1-3-19(17(21)13-8-10-23-11-9-13)12-16(20)18-14-6-4-5-7-15(14)22-2/h4-7,13H,3,8-12H2,1-2H3,(H,18,20). The van der Waals surface area contributed by atoms with Gasteiger partial charge in [0.05, 0.1) is 19.3 Å². The molecule has 0 aliphatic carbocycles. The van der Waals surface area contributed by atoms with E-state index in [0.29, 0.717) is 31.2 Å². The molecule has 0 bridgehead atoms. The Morgan fingerprint density at radius 1 is 1.30 bits per heavy atom. The van der Waals surface area contributed by atoms with Gasteiger partial charge in [0, 0.05) is 25.7 Å². The molecule has 0 saturated carbocycles. The first kappa shape index (κ1) is 17.3. The second-order valence-electron chi connectivity index (χ2n) is 5.49. The van der Waals surface area contributed by atoms with Crippen LogP contribution in [0.4, 0.5) is 5.69 Å². The molecule has 1 heterocycles. The van der Waals surface area contributed by atoms with Crippen molar-refractivity contribution in [3.63, 3.8) is 0 Å². The van der Waals surface area contributed by atoms with Gasteiger partial charge in [0.25, 0.3) is 0 Å². The first-order valence-electron chi connectivity index (χ1n) is 7.95. The predicted octanol–water partition coefficient (Wildman–Crippen LogP) is 1.91. The summed E-state index contributed by atoms with van der Waals surface area (Å²) in [6, 6.07) is 7.21. The minimum atomic E-state index is -0.225. The summed E-state index contributed by atoms with van der Waals surface area (Å²) < 4.78 is 10.5. The summed E-state index contributed by atoms with van der Waals surface area (Å²) in [7, 11) is 1.55. The SMILES string of the molecule is CCN(CC(=O)Nc1ccccc1OC)C(=O)C1CCOCC1. The van der Waals surface area contributed by atoms with E-state index in [-0.39, 0.29) is 24.3 Å². The van der Waals surface area contributed by atoms with Gasteiger partial charge in [-0.05, 0) is 31.9 Å². The Hall–Kier alpha value is -2.08. The summed E-state index contributed by atoms with van der Waals surface area (Å²) in [6.45, 7) is 3.66. The van der Waals surface area contributed by atoms with E-state index in [1.165, 1.54) is 0 Å². The van der Waals surface area contributed by atoms with Gasteiger partial charge < -0.3 is 19.7 Å². The van der Waals surface area contributed by atoms with E-state index in [0.717, 1.165) is 12.8 Å². The number of para-hydroxylation sites is 2. The van der Waals surface area contributed by atoms with Crippen LogP contribution in [0.1, 0.15) is 19.8 Å². The molecule has 1 saturated heterocycles. The molecule has 2 rings (SSSR count). The van der Waals surface area contributed by atoms with E-state index in [1.54, 1.807) is 24.1 Å². The molecular formula is C17H24N2O4. The first-order chi connectivity index (χ1) is 11.2. The molecule has 2 amide bonds. The number of likely N-dealkylation sites (N-methyl/N-ethyl adjacent to an activating group) is 1. The molecule has 0 unspecified atom stereocenters. The molecule has 0 aromatic heterocycles. The molecular weight excluding hydrogens is 296 g/mol. The third-order valence-electron chi connectivity index (χ3n) is 3.98. The Morgan fingerprint density at radius 2 is 2.00 bits per heavy atom. The molecule has 0 spiro atoms. The van der Waals surface area contributed by atoms with Crippen molar-refractivity contribution < 1.29 is 19.1 Å². The van der Waals surface area contributed by atoms with Gasteiger partial charge in [0.1, 0.15) is 5.75 Å². The Labute approximate surface area is 136 Å². The topological polar surface area (TPSA) is 67.9 Å². The van der Waals surface area contributed by atoms with Gasteiger partial charge in [-0.1, -0.05) is 12.1 Å². The van der Waals surface area contributed by atoms with Gasteiger partial charge in [0.2, 0.25) is 11.8 Å². The van der Waals surface area contributed by atoms with Gasteiger partial charge in [-0.3, -0.25) is 9.59 Å². The van der Waals surface area contributed by atoms with Crippen LogP contribution < -0.4 is 10.1 Å². The number of rotatable bonds is 6. The number of hydrogen-bond donors (Lipinski definition) is 1. The van der Waals surface area contributed by atoms with Crippen molar-refractivity contribution in [1.29, 1.82) is 0 Å². The van der Waals surface area contributed by atoms with Crippen molar-refractivity contribution in [2.75, 3.05) is 38.7 Å². The number of amides is 2. The molecule has 23 heavy (non-hydrogen) atoms. The lowest BCUT2D eigenvalue weighted by Gasteiger charge is -2.28. The normalized spacial score (nSPS) is 15.0. The Balaban J connectivity index is 1.95. The molecule has 1 aliphatic rings. The number of nitrogens with zero attached hydrogens (tertiary/aromatic N) is 1. The van der Waals surface area contributed by atoms with E-state index in [4.69, 9.17) is 9.47 Å². The summed E-state index contributed by atoms with van der Waals surface area (Å²) >= 11 is 0. The third kappa shape index (κ3) is 4.69. The van der Waals surface area contributed by atoms with Crippen molar-refractivity contribution in [2.24, 2.45) is 5.92 Å². The van der Waals surface area contributed by atoms with Crippen molar-refractivity contribution in [3.05, 3.63) is 24.3 Å². The molecule has 6 nitrogen and oxygen atoms in total. The zero-order chi connectivity index (χ0) is 16.7. The maximum Gasteiger partial charge on any atom is 0.244 e. The van der Waals surface area contributed by atoms with Crippen LogP contribution in [-0.4, -0.2) is 50.1 Å². The largest absolute Gasteiger partial charge is 0.495 e. The van der Waals surface area contributed by atoms with Crippen molar-refractivity contribution in [2.45, 2.75) is 19.8 Å². The predicted molar refractivity (Wildman–Crippen MR) is 87.4 cm³/mol. The van der Waals surface area contributed by atoms with E-state index in [2.05, 4.69) is 5.32 Å². The number of methoxy groups -OCH3 is 1. The second-order valence-corrected chi connectivity index (χ2v) is 5.49. The maximum absolute atomic E-state index is 12.5. The zero-order valence-corrected chi connectivity index (χ0v) is 13.7. The highest BCUT2D eigenvalue weighted by atomic mass is 16.5. The molecule has 126 valence electrons. The summed E-state index contributed by atoms with van der Waals surface area (Å²) in [6.07, 6.45) is 1.45. The lowest BCUT2D eigenvalue weighted by atomic mass is 9.98. The molecule has 1 aromatic carbocycles. The Morgan fingerprint density at radius 3 is 2.65 bits per heavy atom. The number of ether oxygens (including phenoxy) is 2. The van der Waals surface area contributed by atoms with E-state index in [9.17, 15) is 9.59 Å². The van der Waals surface area contributed by atoms with Crippen molar-refractivity contribution >= 4 is 17.5 Å². The monoisotopic (exact) mass is 320 g/mol. The van der Waals surface area contributed by atoms with Crippen LogP contribution in [0.5, 0.6) is 5.75 Å². The maximum atomic E-state index is 12.5. The van der Waals surface area contributed by atoms with Crippen LogP contribution in [-0.2, 0) is 14.3 Å². The van der Waals surface area contributed by atoms with Gasteiger partial charge in [-0.25, -0.2) is 0 Å². The fourth-order valence-electron chi connectivity index (χ4n) is 2.66. The van der Waals surface area contributed by atoms with Crippen LogP contribution in [0.25, 0.3) is 0 Å². The van der Waals surface area contributed by atoms with Crippen molar-refractivity contribution in [1.82, 2.24) is 4.90 Å². The molecule has 1 N–H and O–H groups in total. The third-order valence-corrected chi connectivity index (χ3v) is 3.98. The summed E-state index contributed by atoms with van der Waals surface area (Å²) in [5.41, 5.74) is 0.606. The summed E-state index contributed by atoms with van der Waals surface area (Å²) in [5, 5.41) is 2.80. The number of benzene rings is 1. The molecule has 1 aliphatic heterocycles. The highest BCUT2D eigenvalue weighted by Gasteiger charge is 2.26. The fraction of sp³-hybridized carbons (Fsp3) is 0.529. The molecule has 1 fully saturated rings. The van der Waals surface area contributed by atoms with Gasteiger partial charge in [0.15, 0.2) is 0 Å². The lowest BCUT2D eigenvalue weighted by Crippen LogP contribution is -2.42. The molecule has 0 radical (unpaired) electrons. The summed E-state index contributed by atoms with van der Waals surface area (Å²) in [5.74, 6) is 0.366. The van der Waals surface area contributed by atoms with Crippen LogP contribution in [0.15, 0.2) is 24.3 Å². The smallest absolute Gasteiger partial charge is 0.244 e. The van der Waals surface area contributed by atoms with Gasteiger partial charge in [-0.2, -0.15) is 0 Å². The number of carbonyl (C=O) groups is 2. The van der Waals surface area contributed by atoms with Crippen LogP contribution in [0.3, 0.4) is 0 Å². The molecule has 6 heteroatoms. The second kappa shape index (κ2) is 8.53. The Bertz CT molecular complexity index is 541. The van der Waals surface area contributed by atoms with E-state index < -0.39 is 0 Å². The first-order valence-corrected chi connectivity index (χ1v) is 7.95.